The number of ether oxygens (including phenoxy) is 1. The van der Waals surface area contributed by atoms with Gasteiger partial charge >= 0.3 is 0 Å². The number of hydrogen-bond acceptors (Lipinski definition) is 6. The third-order valence-corrected chi connectivity index (χ3v) is 5.69. The lowest BCUT2D eigenvalue weighted by atomic mass is 10.1. The Morgan fingerprint density at radius 3 is 2.90 bits per heavy atom. The van der Waals surface area contributed by atoms with Gasteiger partial charge in [-0.15, -0.1) is 24.0 Å². The van der Waals surface area contributed by atoms with Crippen molar-refractivity contribution in [2.75, 3.05) is 52.5 Å². The van der Waals surface area contributed by atoms with Crippen LogP contribution in [-0.4, -0.2) is 78.4 Å². The number of benzene rings is 1. The predicted molar refractivity (Wildman–Crippen MR) is 132 cm³/mol. The monoisotopic (exact) mass is 560 g/mol. The molecule has 0 radical (unpaired) electrons. The Labute approximate surface area is 205 Å². The quantitative estimate of drug-likeness (QED) is 0.330. The fourth-order valence-corrected chi connectivity index (χ4v) is 4.15. The van der Waals surface area contributed by atoms with Crippen molar-refractivity contribution in [1.82, 2.24) is 25.3 Å². The standard InChI is InChI=1S/C21H29ClN6O2.HI/c1-2-23-21(28-7-6-16(15-28)14-27-8-10-29-11-9-27)24-13-19-25-20(26-30-19)17-4-3-5-18(22)12-17;/h3-5,12,16H,2,6-11,13-15H2,1H3,(H,23,24);1H. The molecule has 0 amide bonds. The highest BCUT2D eigenvalue weighted by molar-refractivity contribution is 14.0. The van der Waals surface area contributed by atoms with Crippen molar-refractivity contribution in [3.63, 3.8) is 0 Å². The lowest BCUT2D eigenvalue weighted by molar-refractivity contribution is 0.0315. The molecule has 2 fully saturated rings. The molecule has 1 aromatic heterocycles. The Bertz CT molecular complexity index is 858. The van der Waals surface area contributed by atoms with Crippen LogP contribution in [0.4, 0.5) is 0 Å². The van der Waals surface area contributed by atoms with Gasteiger partial charge in [0.15, 0.2) is 5.96 Å². The predicted octanol–water partition coefficient (Wildman–Crippen LogP) is 3.13. The summed E-state index contributed by atoms with van der Waals surface area (Å²) in [6.45, 7) is 10.2. The molecule has 0 bridgehead atoms. The third-order valence-electron chi connectivity index (χ3n) is 5.46. The Morgan fingerprint density at radius 2 is 2.13 bits per heavy atom. The number of rotatable bonds is 6. The number of morpholine rings is 1. The van der Waals surface area contributed by atoms with Gasteiger partial charge in [0.25, 0.3) is 0 Å². The number of guanidine groups is 1. The van der Waals surface area contributed by atoms with Crippen molar-refractivity contribution in [1.29, 1.82) is 0 Å². The van der Waals surface area contributed by atoms with E-state index in [2.05, 4.69) is 32.2 Å². The maximum Gasteiger partial charge on any atom is 0.248 e. The van der Waals surface area contributed by atoms with Gasteiger partial charge in [0.1, 0.15) is 6.54 Å². The molecule has 0 spiro atoms. The first kappa shape index (κ1) is 24.2. The van der Waals surface area contributed by atoms with Crippen LogP contribution in [0.2, 0.25) is 5.02 Å². The van der Waals surface area contributed by atoms with Gasteiger partial charge in [0.05, 0.1) is 13.2 Å². The van der Waals surface area contributed by atoms with Crippen molar-refractivity contribution in [3.05, 3.63) is 35.2 Å². The summed E-state index contributed by atoms with van der Waals surface area (Å²) >= 11 is 6.05. The molecular weight excluding hydrogens is 531 g/mol. The van der Waals surface area contributed by atoms with Crippen molar-refractivity contribution in [2.45, 2.75) is 19.9 Å². The molecule has 0 saturated carbocycles. The van der Waals surface area contributed by atoms with Crippen LogP contribution >= 0.6 is 35.6 Å². The van der Waals surface area contributed by atoms with E-state index < -0.39 is 0 Å². The average molecular weight is 561 g/mol. The minimum atomic E-state index is 0. The molecule has 2 aromatic rings. The third kappa shape index (κ3) is 6.77. The van der Waals surface area contributed by atoms with Crippen LogP contribution in [0.1, 0.15) is 19.2 Å². The SMILES string of the molecule is CCNC(=NCc1nc(-c2cccc(Cl)c2)no1)N1CCC(CN2CCOCC2)C1.I. The highest BCUT2D eigenvalue weighted by atomic mass is 127. The highest BCUT2D eigenvalue weighted by Gasteiger charge is 2.27. The first-order valence-electron chi connectivity index (χ1n) is 10.6. The van der Waals surface area contributed by atoms with Gasteiger partial charge in [-0.3, -0.25) is 4.90 Å². The molecule has 3 heterocycles. The lowest BCUT2D eigenvalue weighted by Gasteiger charge is -2.29. The van der Waals surface area contributed by atoms with Crippen molar-refractivity contribution >= 4 is 41.5 Å². The number of likely N-dealkylation sites (tertiary alicyclic amines) is 1. The summed E-state index contributed by atoms with van der Waals surface area (Å²) in [5.41, 5.74) is 0.832. The Kier molecular flexibility index (Phi) is 9.36. The van der Waals surface area contributed by atoms with E-state index in [4.69, 9.17) is 25.9 Å². The molecule has 1 N–H and O–H groups in total. The van der Waals surface area contributed by atoms with Gasteiger partial charge in [0, 0.05) is 49.9 Å². The minimum Gasteiger partial charge on any atom is -0.379 e. The Morgan fingerprint density at radius 1 is 1.29 bits per heavy atom. The van der Waals surface area contributed by atoms with Crippen molar-refractivity contribution in [3.8, 4) is 11.4 Å². The fraction of sp³-hybridized carbons (Fsp3) is 0.571. The first-order chi connectivity index (χ1) is 14.7. The molecule has 1 unspecified atom stereocenters. The zero-order chi connectivity index (χ0) is 20.8. The molecule has 31 heavy (non-hydrogen) atoms. The number of aromatic nitrogens is 2. The van der Waals surface area contributed by atoms with Gasteiger partial charge in [0.2, 0.25) is 11.7 Å². The maximum absolute atomic E-state index is 6.05. The molecule has 2 saturated heterocycles. The van der Waals surface area contributed by atoms with E-state index in [1.54, 1.807) is 0 Å². The second-order valence-electron chi connectivity index (χ2n) is 7.71. The van der Waals surface area contributed by atoms with Gasteiger partial charge in [-0.25, -0.2) is 4.99 Å². The number of hydrogen-bond donors (Lipinski definition) is 1. The number of halogens is 2. The smallest absolute Gasteiger partial charge is 0.248 e. The van der Waals surface area contributed by atoms with Crippen molar-refractivity contribution in [2.24, 2.45) is 10.9 Å². The summed E-state index contributed by atoms with van der Waals surface area (Å²) in [6.07, 6.45) is 1.18. The van der Waals surface area contributed by atoms with Crippen LogP contribution in [0.5, 0.6) is 0 Å². The normalized spacial score (nSPS) is 20.0. The van der Waals surface area contributed by atoms with E-state index in [0.29, 0.717) is 29.2 Å². The van der Waals surface area contributed by atoms with E-state index in [-0.39, 0.29) is 24.0 Å². The molecule has 4 rings (SSSR count). The van der Waals surface area contributed by atoms with E-state index in [1.807, 2.05) is 24.3 Å². The van der Waals surface area contributed by atoms with E-state index in [0.717, 1.165) is 64.0 Å². The first-order valence-corrected chi connectivity index (χ1v) is 11.0. The molecule has 2 aliphatic rings. The Hall–Kier alpha value is -1.43. The highest BCUT2D eigenvalue weighted by Crippen LogP contribution is 2.21. The van der Waals surface area contributed by atoms with Gasteiger partial charge < -0.3 is 19.5 Å². The molecule has 8 nitrogen and oxygen atoms in total. The topological polar surface area (TPSA) is 79.0 Å². The Balaban J connectivity index is 0.00000272. The summed E-state index contributed by atoms with van der Waals surface area (Å²) < 4.78 is 10.9. The van der Waals surface area contributed by atoms with E-state index in [1.165, 1.54) is 6.42 Å². The van der Waals surface area contributed by atoms with Gasteiger partial charge in [-0.2, -0.15) is 4.98 Å². The van der Waals surface area contributed by atoms with E-state index >= 15 is 0 Å². The van der Waals surface area contributed by atoms with Crippen LogP contribution in [0.3, 0.4) is 0 Å². The second-order valence-corrected chi connectivity index (χ2v) is 8.14. The van der Waals surface area contributed by atoms with Gasteiger partial charge in [-0.1, -0.05) is 28.9 Å². The van der Waals surface area contributed by atoms with Crippen LogP contribution < -0.4 is 5.32 Å². The largest absolute Gasteiger partial charge is 0.379 e. The summed E-state index contributed by atoms with van der Waals surface area (Å²) in [7, 11) is 0. The summed E-state index contributed by atoms with van der Waals surface area (Å²) in [5, 5.41) is 8.11. The summed E-state index contributed by atoms with van der Waals surface area (Å²) in [4.78, 5) is 14.1. The van der Waals surface area contributed by atoms with Crippen molar-refractivity contribution < 1.29 is 9.26 Å². The summed E-state index contributed by atoms with van der Waals surface area (Å²) in [6, 6.07) is 7.42. The zero-order valence-corrected chi connectivity index (χ0v) is 20.9. The van der Waals surface area contributed by atoms with E-state index in [9.17, 15) is 0 Å². The summed E-state index contributed by atoms with van der Waals surface area (Å²) in [5.74, 6) is 2.58. The molecule has 1 atom stereocenters. The average Bonchev–Trinajstić information content (AvgIpc) is 3.42. The molecule has 0 aliphatic carbocycles. The molecule has 2 aliphatic heterocycles. The maximum atomic E-state index is 6.05. The zero-order valence-electron chi connectivity index (χ0n) is 17.8. The lowest BCUT2D eigenvalue weighted by Crippen LogP contribution is -2.42. The van der Waals surface area contributed by atoms with Crippen LogP contribution in [-0.2, 0) is 11.3 Å². The molecular formula is C21H30ClIN6O2. The van der Waals surface area contributed by atoms with Gasteiger partial charge in [-0.05, 0) is 31.4 Å². The number of nitrogens with zero attached hydrogens (tertiary/aromatic N) is 5. The number of nitrogens with one attached hydrogen (secondary N) is 1. The fourth-order valence-electron chi connectivity index (χ4n) is 3.96. The molecule has 170 valence electrons. The van der Waals surface area contributed by atoms with Crippen LogP contribution in [0, 0.1) is 5.92 Å². The number of aliphatic imine (C=N–C) groups is 1. The second kappa shape index (κ2) is 12.0. The molecule has 10 heteroatoms. The van der Waals surface area contributed by atoms with Crippen LogP contribution in [0.15, 0.2) is 33.8 Å². The molecule has 1 aromatic carbocycles. The van der Waals surface area contributed by atoms with Crippen LogP contribution in [0.25, 0.3) is 11.4 Å². The minimum absolute atomic E-state index is 0.